The largest absolute Gasteiger partial charge is 0.397 e. The number of aliphatic hydroxyl groups is 1. The third-order valence-corrected chi connectivity index (χ3v) is 2.11. The molecule has 0 saturated heterocycles. The zero-order valence-electron chi connectivity index (χ0n) is 8.86. The third-order valence-electron chi connectivity index (χ3n) is 2.11. The van der Waals surface area contributed by atoms with Crippen LogP contribution >= 0.6 is 0 Å². The number of anilines is 1. The molecule has 1 aromatic heterocycles. The Kier molecular flexibility index (Phi) is 4.17. The molecule has 5 nitrogen and oxygen atoms in total. The molecule has 5 heteroatoms. The minimum Gasteiger partial charge on any atom is -0.397 e. The number of nitrogen functional groups attached to an aromatic ring is 1. The number of carbonyl (C=O) groups excluding carboxylic acids is 1. The van der Waals surface area contributed by atoms with Crippen LogP contribution in [0.2, 0.25) is 0 Å². The molecule has 0 radical (unpaired) electrons. The molecular formula is C10H17N3O2. The Morgan fingerprint density at radius 3 is 3.00 bits per heavy atom. The van der Waals surface area contributed by atoms with Gasteiger partial charge in [0.15, 0.2) is 0 Å². The molecule has 0 spiro atoms. The Morgan fingerprint density at radius 1 is 1.67 bits per heavy atom. The summed E-state index contributed by atoms with van der Waals surface area (Å²) in [5.41, 5.74) is 6.76. The van der Waals surface area contributed by atoms with Crippen LogP contribution in [0.25, 0.3) is 0 Å². The fourth-order valence-electron chi connectivity index (χ4n) is 1.36. The topological polar surface area (TPSA) is 80.3 Å². The summed E-state index contributed by atoms with van der Waals surface area (Å²) in [6, 6.07) is 1.65. The van der Waals surface area contributed by atoms with Gasteiger partial charge in [-0.25, -0.2) is 0 Å². The highest BCUT2D eigenvalue weighted by molar-refractivity contribution is 5.93. The van der Waals surface area contributed by atoms with Crippen molar-refractivity contribution in [1.82, 2.24) is 9.88 Å². The Hall–Kier alpha value is -1.49. The van der Waals surface area contributed by atoms with E-state index in [1.807, 2.05) is 6.92 Å². The van der Waals surface area contributed by atoms with Gasteiger partial charge in [0.05, 0.1) is 5.69 Å². The van der Waals surface area contributed by atoms with Crippen molar-refractivity contribution in [2.75, 3.05) is 18.9 Å². The molecule has 0 fully saturated rings. The van der Waals surface area contributed by atoms with Crippen molar-refractivity contribution in [3.05, 3.63) is 18.0 Å². The number of hydrogen-bond donors (Lipinski definition) is 3. The van der Waals surface area contributed by atoms with Gasteiger partial charge in [0, 0.05) is 25.9 Å². The van der Waals surface area contributed by atoms with Crippen molar-refractivity contribution in [2.45, 2.75) is 19.9 Å². The number of aryl methyl sites for hydroxylation is 1. The van der Waals surface area contributed by atoms with E-state index in [2.05, 4.69) is 5.32 Å². The van der Waals surface area contributed by atoms with Gasteiger partial charge in [0.2, 0.25) is 0 Å². The van der Waals surface area contributed by atoms with Crippen LogP contribution in [0, 0.1) is 0 Å². The van der Waals surface area contributed by atoms with Crippen molar-refractivity contribution >= 4 is 11.6 Å². The summed E-state index contributed by atoms with van der Waals surface area (Å²) in [6.07, 6.45) is 2.30. The lowest BCUT2D eigenvalue weighted by atomic mass is 10.3. The first-order chi connectivity index (χ1) is 7.19. The number of nitrogens with zero attached hydrogens (tertiary/aromatic N) is 1. The summed E-state index contributed by atoms with van der Waals surface area (Å²) in [5.74, 6) is -0.151. The number of carbonyl (C=O) groups is 1. The lowest BCUT2D eigenvalue weighted by Crippen LogP contribution is -2.27. The molecule has 0 aliphatic carbocycles. The van der Waals surface area contributed by atoms with E-state index in [0.29, 0.717) is 30.9 Å². The second kappa shape index (κ2) is 5.41. The Bertz CT molecular complexity index is 333. The monoisotopic (exact) mass is 211 g/mol. The molecule has 4 N–H and O–H groups in total. The second-order valence-electron chi connectivity index (χ2n) is 3.28. The van der Waals surface area contributed by atoms with Crippen LogP contribution < -0.4 is 11.1 Å². The van der Waals surface area contributed by atoms with Gasteiger partial charge >= 0.3 is 0 Å². The highest BCUT2D eigenvalue weighted by Crippen LogP contribution is 2.10. The van der Waals surface area contributed by atoms with Crippen LogP contribution in [-0.2, 0) is 6.54 Å². The molecule has 84 valence electrons. The van der Waals surface area contributed by atoms with Crippen LogP contribution in [0.4, 0.5) is 5.69 Å². The van der Waals surface area contributed by atoms with E-state index in [-0.39, 0.29) is 12.5 Å². The number of aliphatic hydroxyl groups excluding tert-OH is 1. The van der Waals surface area contributed by atoms with Crippen molar-refractivity contribution < 1.29 is 9.90 Å². The Morgan fingerprint density at radius 2 is 2.40 bits per heavy atom. The normalized spacial score (nSPS) is 10.3. The highest BCUT2D eigenvalue weighted by atomic mass is 16.3. The predicted octanol–water partition coefficient (Wildman–Crippen LogP) is 0.202. The highest BCUT2D eigenvalue weighted by Gasteiger charge is 2.10. The molecule has 1 rings (SSSR count). The van der Waals surface area contributed by atoms with Crippen LogP contribution in [-0.4, -0.2) is 28.7 Å². The van der Waals surface area contributed by atoms with Crippen LogP contribution in [0.1, 0.15) is 23.8 Å². The fraction of sp³-hybridized carbons (Fsp3) is 0.500. The molecule has 0 bridgehead atoms. The van der Waals surface area contributed by atoms with Gasteiger partial charge in [0.25, 0.3) is 5.91 Å². The summed E-state index contributed by atoms with van der Waals surface area (Å²) in [4.78, 5) is 11.6. The Balaban J connectivity index is 2.64. The standard InChI is InChI=1S/C10H17N3O2/c1-2-13-7-8(11)6-9(13)10(15)12-4-3-5-14/h6-7,14H,2-5,11H2,1H3,(H,12,15). The zero-order chi connectivity index (χ0) is 11.3. The minimum absolute atomic E-state index is 0.0806. The molecule has 0 aromatic carbocycles. The van der Waals surface area contributed by atoms with Gasteiger partial charge < -0.3 is 20.7 Å². The van der Waals surface area contributed by atoms with E-state index in [1.54, 1.807) is 16.8 Å². The van der Waals surface area contributed by atoms with E-state index < -0.39 is 0 Å². The van der Waals surface area contributed by atoms with Crippen molar-refractivity contribution in [2.24, 2.45) is 0 Å². The smallest absolute Gasteiger partial charge is 0.267 e. The van der Waals surface area contributed by atoms with Crippen LogP contribution in [0.5, 0.6) is 0 Å². The lowest BCUT2D eigenvalue weighted by molar-refractivity contribution is 0.0942. The van der Waals surface area contributed by atoms with E-state index in [0.717, 1.165) is 0 Å². The molecule has 1 amide bonds. The molecule has 1 aromatic rings. The van der Waals surface area contributed by atoms with Gasteiger partial charge in [-0.2, -0.15) is 0 Å². The maximum Gasteiger partial charge on any atom is 0.267 e. The summed E-state index contributed by atoms with van der Waals surface area (Å²) in [6.45, 7) is 3.21. The molecule has 0 aliphatic rings. The molecule has 0 unspecified atom stereocenters. The predicted molar refractivity (Wildman–Crippen MR) is 58.6 cm³/mol. The van der Waals surface area contributed by atoms with E-state index in [9.17, 15) is 4.79 Å². The quantitative estimate of drug-likeness (QED) is 0.609. The zero-order valence-corrected chi connectivity index (χ0v) is 8.86. The summed E-state index contributed by atoms with van der Waals surface area (Å²) >= 11 is 0. The Labute approximate surface area is 88.9 Å². The molecule has 0 aliphatic heterocycles. The first kappa shape index (κ1) is 11.6. The third kappa shape index (κ3) is 2.99. The average molecular weight is 211 g/mol. The molecular weight excluding hydrogens is 194 g/mol. The van der Waals surface area contributed by atoms with Crippen molar-refractivity contribution in [1.29, 1.82) is 0 Å². The first-order valence-corrected chi connectivity index (χ1v) is 5.03. The fourth-order valence-corrected chi connectivity index (χ4v) is 1.36. The van der Waals surface area contributed by atoms with Gasteiger partial charge in [-0.3, -0.25) is 4.79 Å². The number of aromatic nitrogens is 1. The summed E-state index contributed by atoms with van der Waals surface area (Å²) < 4.78 is 1.80. The molecule has 1 heterocycles. The number of hydrogen-bond acceptors (Lipinski definition) is 3. The maximum atomic E-state index is 11.6. The SMILES string of the molecule is CCn1cc(N)cc1C(=O)NCCCO. The van der Waals surface area contributed by atoms with Gasteiger partial charge in [-0.15, -0.1) is 0 Å². The second-order valence-corrected chi connectivity index (χ2v) is 3.28. The minimum atomic E-state index is -0.151. The average Bonchev–Trinajstić information content (AvgIpc) is 2.60. The molecule has 0 saturated carbocycles. The lowest BCUT2D eigenvalue weighted by Gasteiger charge is -2.06. The summed E-state index contributed by atoms with van der Waals surface area (Å²) in [7, 11) is 0. The molecule has 15 heavy (non-hydrogen) atoms. The van der Waals surface area contributed by atoms with E-state index in [4.69, 9.17) is 10.8 Å². The van der Waals surface area contributed by atoms with E-state index >= 15 is 0 Å². The van der Waals surface area contributed by atoms with Gasteiger partial charge in [0.1, 0.15) is 5.69 Å². The number of rotatable bonds is 5. The van der Waals surface area contributed by atoms with Crippen LogP contribution in [0.3, 0.4) is 0 Å². The number of nitrogens with one attached hydrogen (secondary N) is 1. The number of nitrogens with two attached hydrogens (primary N) is 1. The van der Waals surface area contributed by atoms with Crippen LogP contribution in [0.15, 0.2) is 12.3 Å². The first-order valence-electron chi connectivity index (χ1n) is 5.03. The van der Waals surface area contributed by atoms with Crippen molar-refractivity contribution in [3.8, 4) is 0 Å². The van der Waals surface area contributed by atoms with Gasteiger partial charge in [-0.1, -0.05) is 0 Å². The maximum absolute atomic E-state index is 11.6. The van der Waals surface area contributed by atoms with E-state index in [1.165, 1.54) is 0 Å². The van der Waals surface area contributed by atoms with Gasteiger partial charge in [-0.05, 0) is 19.4 Å². The molecule has 0 atom stereocenters. The number of amides is 1. The summed E-state index contributed by atoms with van der Waals surface area (Å²) in [5, 5.41) is 11.3. The van der Waals surface area contributed by atoms with Crippen molar-refractivity contribution in [3.63, 3.8) is 0 Å².